The van der Waals surface area contributed by atoms with Gasteiger partial charge in [-0.2, -0.15) is 0 Å². The number of ether oxygens (including phenoxy) is 1. The summed E-state index contributed by atoms with van der Waals surface area (Å²) in [6, 6.07) is 1.67. The third-order valence-corrected chi connectivity index (χ3v) is 3.41. The maximum absolute atomic E-state index is 9.72. The van der Waals surface area contributed by atoms with Crippen LogP contribution in [0.2, 0.25) is 5.02 Å². The Kier molecular flexibility index (Phi) is 2.95. The van der Waals surface area contributed by atoms with Crippen LogP contribution >= 0.6 is 11.6 Å². The number of pyridine rings is 1. The van der Waals surface area contributed by atoms with Crippen LogP contribution in [0.4, 0.5) is 0 Å². The van der Waals surface area contributed by atoms with Crippen LogP contribution in [-0.4, -0.2) is 43.6 Å². The summed E-state index contributed by atoms with van der Waals surface area (Å²) >= 11 is 6.02. The first kappa shape index (κ1) is 11.9. The van der Waals surface area contributed by atoms with Crippen molar-refractivity contribution >= 4 is 22.8 Å². The van der Waals surface area contributed by atoms with Gasteiger partial charge < -0.3 is 14.9 Å². The number of rotatable bonds is 2. The van der Waals surface area contributed by atoms with E-state index >= 15 is 0 Å². The fourth-order valence-corrected chi connectivity index (χ4v) is 2.35. The molecule has 1 fully saturated rings. The lowest BCUT2D eigenvalue weighted by Gasteiger charge is -2.13. The summed E-state index contributed by atoms with van der Waals surface area (Å²) in [5.74, 6) is 0. The molecule has 7 heteroatoms. The number of halogens is 1. The summed E-state index contributed by atoms with van der Waals surface area (Å²) in [4.78, 5) is 8.40. The lowest BCUT2D eigenvalue weighted by atomic mass is 10.2. The van der Waals surface area contributed by atoms with Crippen molar-refractivity contribution in [2.24, 2.45) is 0 Å². The average Bonchev–Trinajstić information content (AvgIpc) is 2.93. The first-order valence-corrected chi connectivity index (χ1v) is 6.00. The lowest BCUT2D eigenvalue weighted by molar-refractivity contribution is -0.0432. The highest BCUT2D eigenvalue weighted by atomic mass is 35.5. The van der Waals surface area contributed by atoms with E-state index in [2.05, 4.69) is 9.97 Å². The summed E-state index contributed by atoms with van der Waals surface area (Å²) in [6.45, 7) is -0.210. The van der Waals surface area contributed by atoms with Gasteiger partial charge in [0.1, 0.15) is 17.8 Å². The van der Waals surface area contributed by atoms with Gasteiger partial charge in [0.05, 0.1) is 24.1 Å². The Morgan fingerprint density at radius 1 is 1.50 bits per heavy atom. The van der Waals surface area contributed by atoms with Crippen molar-refractivity contribution in [2.75, 3.05) is 6.61 Å². The minimum atomic E-state index is -0.684. The van der Waals surface area contributed by atoms with Gasteiger partial charge >= 0.3 is 0 Å². The average molecular weight is 270 g/mol. The molecule has 2 aromatic rings. The van der Waals surface area contributed by atoms with Crippen LogP contribution in [0.5, 0.6) is 0 Å². The molecule has 0 amide bonds. The molecule has 1 saturated heterocycles. The van der Waals surface area contributed by atoms with Gasteiger partial charge in [-0.1, -0.05) is 11.6 Å². The standard InChI is InChI=1S/C11H12ClN3O3/c12-6-1-2-13-11-10(6)14-5-15(11)9-3-7(17)8(4-16)18-9/h1-2,5,7-9,16-17H,3-4H2/t7-,8+,9+/m0/s1. The van der Waals surface area contributed by atoms with Crippen LogP contribution in [0.3, 0.4) is 0 Å². The third-order valence-electron chi connectivity index (χ3n) is 3.11. The van der Waals surface area contributed by atoms with E-state index in [-0.39, 0.29) is 12.8 Å². The number of aliphatic hydroxyl groups is 2. The summed E-state index contributed by atoms with van der Waals surface area (Å²) in [5, 5.41) is 19.3. The molecule has 96 valence electrons. The topological polar surface area (TPSA) is 80.4 Å². The van der Waals surface area contributed by atoms with Crippen molar-refractivity contribution in [3.05, 3.63) is 23.6 Å². The van der Waals surface area contributed by atoms with Crippen LogP contribution < -0.4 is 0 Å². The Morgan fingerprint density at radius 2 is 2.33 bits per heavy atom. The zero-order valence-corrected chi connectivity index (χ0v) is 10.2. The predicted octanol–water partition coefficient (Wildman–Crippen LogP) is 0.725. The van der Waals surface area contributed by atoms with E-state index in [1.165, 1.54) is 0 Å². The highest BCUT2D eigenvalue weighted by Gasteiger charge is 2.35. The summed E-state index contributed by atoms with van der Waals surface area (Å²) in [7, 11) is 0. The smallest absolute Gasteiger partial charge is 0.163 e. The van der Waals surface area contributed by atoms with Gasteiger partial charge in [0.2, 0.25) is 0 Å². The minimum absolute atomic E-state index is 0.210. The van der Waals surface area contributed by atoms with E-state index in [4.69, 9.17) is 21.4 Å². The third kappa shape index (κ3) is 1.78. The molecule has 2 N–H and O–H groups in total. The van der Waals surface area contributed by atoms with Gasteiger partial charge in [0.25, 0.3) is 0 Å². The first-order valence-electron chi connectivity index (χ1n) is 5.62. The molecule has 0 unspecified atom stereocenters. The van der Waals surface area contributed by atoms with Crippen LogP contribution in [0, 0.1) is 0 Å². The molecule has 0 radical (unpaired) electrons. The fraction of sp³-hybridized carbons (Fsp3) is 0.455. The van der Waals surface area contributed by atoms with Crippen molar-refractivity contribution < 1.29 is 14.9 Å². The number of nitrogens with zero attached hydrogens (tertiary/aromatic N) is 3. The molecular formula is C11H12ClN3O3. The van der Waals surface area contributed by atoms with Crippen molar-refractivity contribution in [2.45, 2.75) is 24.9 Å². The van der Waals surface area contributed by atoms with E-state index in [0.717, 1.165) is 0 Å². The lowest BCUT2D eigenvalue weighted by Crippen LogP contribution is -2.24. The molecule has 0 saturated carbocycles. The molecule has 18 heavy (non-hydrogen) atoms. The molecule has 0 bridgehead atoms. The normalized spacial score (nSPS) is 28.1. The minimum Gasteiger partial charge on any atom is -0.394 e. The summed E-state index contributed by atoms with van der Waals surface area (Å²) in [5.41, 5.74) is 1.21. The number of fused-ring (bicyclic) bond motifs is 1. The highest BCUT2D eigenvalue weighted by Crippen LogP contribution is 2.31. The van der Waals surface area contributed by atoms with E-state index in [1.54, 1.807) is 23.2 Å². The molecule has 3 atom stereocenters. The van der Waals surface area contributed by atoms with E-state index in [0.29, 0.717) is 22.6 Å². The molecule has 1 aliphatic rings. The van der Waals surface area contributed by atoms with Crippen molar-refractivity contribution in [1.29, 1.82) is 0 Å². The molecular weight excluding hydrogens is 258 g/mol. The van der Waals surface area contributed by atoms with Crippen LogP contribution in [0.15, 0.2) is 18.6 Å². The van der Waals surface area contributed by atoms with E-state index < -0.39 is 12.2 Å². The van der Waals surface area contributed by atoms with Gasteiger partial charge in [-0.15, -0.1) is 0 Å². The Hall–Kier alpha value is -1.21. The fourth-order valence-electron chi connectivity index (χ4n) is 2.16. The number of aromatic nitrogens is 3. The second kappa shape index (κ2) is 4.47. The van der Waals surface area contributed by atoms with Gasteiger partial charge in [0.15, 0.2) is 5.65 Å². The molecule has 6 nitrogen and oxygen atoms in total. The summed E-state index contributed by atoms with van der Waals surface area (Å²) in [6.07, 6.45) is 1.94. The van der Waals surface area contributed by atoms with Crippen LogP contribution in [-0.2, 0) is 4.74 Å². The second-order valence-corrected chi connectivity index (χ2v) is 4.64. The number of imidazole rings is 1. The van der Waals surface area contributed by atoms with Gasteiger partial charge in [-0.05, 0) is 6.07 Å². The van der Waals surface area contributed by atoms with Crippen LogP contribution in [0.1, 0.15) is 12.6 Å². The van der Waals surface area contributed by atoms with Crippen molar-refractivity contribution in [3.63, 3.8) is 0 Å². The van der Waals surface area contributed by atoms with E-state index in [9.17, 15) is 5.11 Å². The number of aliphatic hydroxyl groups excluding tert-OH is 2. The molecule has 2 aromatic heterocycles. The van der Waals surface area contributed by atoms with Crippen LogP contribution in [0.25, 0.3) is 11.2 Å². The molecule has 3 rings (SSSR count). The maximum Gasteiger partial charge on any atom is 0.163 e. The zero-order chi connectivity index (χ0) is 12.7. The SMILES string of the molecule is OC[C@H]1O[C@@H](n2cnc3c(Cl)ccnc32)C[C@@H]1O. The molecule has 0 aromatic carbocycles. The predicted molar refractivity (Wildman–Crippen MR) is 64.2 cm³/mol. The summed E-state index contributed by atoms with van der Waals surface area (Å²) < 4.78 is 7.28. The number of hydrogen-bond acceptors (Lipinski definition) is 5. The molecule has 1 aliphatic heterocycles. The largest absolute Gasteiger partial charge is 0.394 e. The Balaban J connectivity index is 1.99. The van der Waals surface area contributed by atoms with Gasteiger partial charge in [0, 0.05) is 12.6 Å². The monoisotopic (exact) mass is 269 g/mol. The van der Waals surface area contributed by atoms with Gasteiger partial charge in [-0.3, -0.25) is 4.57 Å². The zero-order valence-electron chi connectivity index (χ0n) is 9.40. The molecule has 0 aliphatic carbocycles. The highest BCUT2D eigenvalue weighted by molar-refractivity contribution is 6.34. The second-order valence-electron chi connectivity index (χ2n) is 4.23. The maximum atomic E-state index is 9.72. The first-order chi connectivity index (χ1) is 8.70. The molecule has 3 heterocycles. The molecule has 0 spiro atoms. The Bertz CT molecular complexity index is 574. The van der Waals surface area contributed by atoms with Crippen molar-refractivity contribution in [3.8, 4) is 0 Å². The quantitative estimate of drug-likeness (QED) is 0.840. The number of hydrogen-bond donors (Lipinski definition) is 2. The Morgan fingerprint density at radius 3 is 3.06 bits per heavy atom. The van der Waals surface area contributed by atoms with E-state index in [1.807, 2.05) is 0 Å². The van der Waals surface area contributed by atoms with Gasteiger partial charge in [-0.25, -0.2) is 9.97 Å². The van der Waals surface area contributed by atoms with Crippen molar-refractivity contribution in [1.82, 2.24) is 14.5 Å². The Labute approximate surface area is 108 Å².